The van der Waals surface area contributed by atoms with Gasteiger partial charge in [0.15, 0.2) is 5.65 Å². The highest BCUT2D eigenvalue weighted by atomic mass is 35.5. The van der Waals surface area contributed by atoms with Crippen molar-refractivity contribution in [2.24, 2.45) is 0 Å². The van der Waals surface area contributed by atoms with Crippen LogP contribution in [0.1, 0.15) is 27.2 Å². The van der Waals surface area contributed by atoms with E-state index < -0.39 is 0 Å². The second-order valence-electron chi connectivity index (χ2n) is 7.19. The number of rotatable bonds is 3. The molecular weight excluding hydrogens is 378 g/mol. The van der Waals surface area contributed by atoms with Crippen LogP contribution in [0, 0.1) is 6.92 Å². The van der Waals surface area contributed by atoms with Gasteiger partial charge in [0.25, 0.3) is 5.91 Å². The summed E-state index contributed by atoms with van der Waals surface area (Å²) in [5, 5.41) is 15.7. The summed E-state index contributed by atoms with van der Waals surface area (Å²) in [5.41, 5.74) is 3.16. The SMILES string of the molecule is Cc1nc2c(C(=O)N3CCN(C)CC3)cnn2c(O)c1Cc1ccc(Cl)cc1. The second kappa shape index (κ2) is 7.41. The summed E-state index contributed by atoms with van der Waals surface area (Å²) in [6, 6.07) is 7.46. The molecule has 0 radical (unpaired) electrons. The molecule has 4 rings (SSSR count). The van der Waals surface area contributed by atoms with Gasteiger partial charge >= 0.3 is 0 Å². The maximum Gasteiger partial charge on any atom is 0.259 e. The number of aromatic nitrogens is 3. The first-order valence-corrected chi connectivity index (χ1v) is 9.60. The molecule has 1 saturated heterocycles. The lowest BCUT2D eigenvalue weighted by Gasteiger charge is -2.32. The molecule has 146 valence electrons. The maximum absolute atomic E-state index is 12.9. The first-order chi connectivity index (χ1) is 13.4. The van der Waals surface area contributed by atoms with Gasteiger partial charge in [0.1, 0.15) is 5.56 Å². The second-order valence-corrected chi connectivity index (χ2v) is 7.63. The highest BCUT2D eigenvalue weighted by Crippen LogP contribution is 2.26. The molecule has 3 aromatic rings. The Labute approximate surface area is 168 Å². The van der Waals surface area contributed by atoms with Gasteiger partial charge in [-0.15, -0.1) is 0 Å². The zero-order valence-electron chi connectivity index (χ0n) is 15.9. The van der Waals surface area contributed by atoms with Gasteiger partial charge in [-0.1, -0.05) is 23.7 Å². The topological polar surface area (TPSA) is 74.0 Å². The molecular formula is C20H22ClN5O2. The lowest BCUT2D eigenvalue weighted by molar-refractivity contribution is 0.0666. The molecule has 8 heteroatoms. The van der Waals surface area contributed by atoms with E-state index in [9.17, 15) is 9.90 Å². The van der Waals surface area contributed by atoms with Crippen molar-refractivity contribution >= 4 is 23.2 Å². The van der Waals surface area contributed by atoms with E-state index in [0.29, 0.717) is 47.0 Å². The number of amides is 1. The summed E-state index contributed by atoms with van der Waals surface area (Å²) in [4.78, 5) is 21.5. The number of piperazine rings is 1. The third-order valence-corrected chi connectivity index (χ3v) is 5.49. The quantitative estimate of drug-likeness (QED) is 0.732. The minimum Gasteiger partial charge on any atom is -0.493 e. The van der Waals surface area contributed by atoms with E-state index in [0.717, 1.165) is 18.7 Å². The largest absolute Gasteiger partial charge is 0.493 e. The predicted octanol–water partition coefficient (Wildman–Crippen LogP) is 2.38. The van der Waals surface area contributed by atoms with Gasteiger partial charge in [0.2, 0.25) is 5.88 Å². The van der Waals surface area contributed by atoms with Crippen LogP contribution in [0.3, 0.4) is 0 Å². The molecule has 1 aromatic carbocycles. The molecule has 28 heavy (non-hydrogen) atoms. The number of benzene rings is 1. The summed E-state index contributed by atoms with van der Waals surface area (Å²) >= 11 is 5.95. The Morgan fingerprint density at radius 2 is 1.86 bits per heavy atom. The number of hydrogen-bond acceptors (Lipinski definition) is 5. The fourth-order valence-corrected chi connectivity index (χ4v) is 3.59. The molecule has 1 amide bonds. The van der Waals surface area contributed by atoms with Crippen LogP contribution in [0.2, 0.25) is 5.02 Å². The summed E-state index contributed by atoms with van der Waals surface area (Å²) in [5.74, 6) is -0.0882. The molecule has 1 N–H and O–H groups in total. The van der Waals surface area contributed by atoms with Crippen molar-refractivity contribution < 1.29 is 9.90 Å². The number of halogens is 1. The number of aromatic hydroxyl groups is 1. The van der Waals surface area contributed by atoms with E-state index >= 15 is 0 Å². The number of hydrogen-bond donors (Lipinski definition) is 1. The Bertz CT molecular complexity index is 1020. The van der Waals surface area contributed by atoms with Gasteiger partial charge < -0.3 is 14.9 Å². The summed E-state index contributed by atoms with van der Waals surface area (Å²) < 4.78 is 1.35. The van der Waals surface area contributed by atoms with Gasteiger partial charge in [-0.3, -0.25) is 4.79 Å². The van der Waals surface area contributed by atoms with Crippen molar-refractivity contribution in [3.8, 4) is 5.88 Å². The molecule has 3 heterocycles. The molecule has 0 bridgehead atoms. The first-order valence-electron chi connectivity index (χ1n) is 9.22. The standard InChI is InChI=1S/C20H22ClN5O2/c1-13-16(11-14-3-5-15(21)6-4-14)20(28)26-18(23-13)17(12-22-26)19(27)25-9-7-24(2)8-10-25/h3-6,12,28H,7-11H2,1-2H3. The van der Waals surface area contributed by atoms with Crippen molar-refractivity contribution in [2.75, 3.05) is 33.2 Å². The van der Waals surface area contributed by atoms with E-state index in [-0.39, 0.29) is 11.8 Å². The molecule has 1 aliphatic heterocycles. The van der Waals surface area contributed by atoms with Crippen molar-refractivity contribution in [1.29, 1.82) is 0 Å². The smallest absolute Gasteiger partial charge is 0.259 e. The molecule has 0 unspecified atom stereocenters. The number of carbonyl (C=O) groups excluding carboxylic acids is 1. The molecule has 0 spiro atoms. The number of aryl methyl sites for hydroxylation is 1. The average Bonchev–Trinajstić information content (AvgIpc) is 3.10. The van der Waals surface area contributed by atoms with E-state index in [4.69, 9.17) is 11.6 Å². The molecule has 0 aliphatic carbocycles. The number of nitrogens with zero attached hydrogens (tertiary/aromatic N) is 5. The maximum atomic E-state index is 12.9. The van der Waals surface area contributed by atoms with Crippen LogP contribution >= 0.6 is 11.6 Å². The van der Waals surface area contributed by atoms with Gasteiger partial charge in [-0.2, -0.15) is 9.61 Å². The normalized spacial score (nSPS) is 15.3. The van der Waals surface area contributed by atoms with Crippen LogP contribution in [0.5, 0.6) is 5.88 Å². The highest BCUT2D eigenvalue weighted by molar-refractivity contribution is 6.30. The Balaban J connectivity index is 1.67. The van der Waals surface area contributed by atoms with Crippen LogP contribution in [0.25, 0.3) is 5.65 Å². The number of carbonyl (C=O) groups is 1. The average molecular weight is 400 g/mol. The minimum atomic E-state index is -0.0974. The first kappa shape index (κ1) is 18.7. The van der Waals surface area contributed by atoms with Crippen molar-refractivity contribution in [3.05, 3.63) is 57.9 Å². The lowest BCUT2D eigenvalue weighted by atomic mass is 10.0. The van der Waals surface area contributed by atoms with E-state index in [1.54, 1.807) is 0 Å². The zero-order valence-corrected chi connectivity index (χ0v) is 16.6. The molecule has 1 fully saturated rings. The Morgan fingerprint density at radius 3 is 2.54 bits per heavy atom. The Hall–Kier alpha value is -2.64. The van der Waals surface area contributed by atoms with Crippen LogP contribution in [-0.2, 0) is 6.42 Å². The van der Waals surface area contributed by atoms with E-state index in [2.05, 4.69) is 15.0 Å². The number of fused-ring (bicyclic) bond motifs is 1. The monoisotopic (exact) mass is 399 g/mol. The van der Waals surface area contributed by atoms with Crippen molar-refractivity contribution in [1.82, 2.24) is 24.4 Å². The highest BCUT2D eigenvalue weighted by Gasteiger charge is 2.25. The molecule has 2 aromatic heterocycles. The van der Waals surface area contributed by atoms with E-state index in [1.165, 1.54) is 10.7 Å². The molecule has 1 aliphatic rings. The van der Waals surface area contributed by atoms with Crippen LogP contribution in [0.15, 0.2) is 30.5 Å². The summed E-state index contributed by atoms with van der Waals surface area (Å²) in [7, 11) is 2.04. The fourth-order valence-electron chi connectivity index (χ4n) is 3.46. The third kappa shape index (κ3) is 3.43. The number of likely N-dealkylation sites (N-methyl/N-ethyl adjacent to an activating group) is 1. The van der Waals surface area contributed by atoms with Gasteiger partial charge in [-0.25, -0.2) is 4.98 Å². The van der Waals surface area contributed by atoms with Crippen molar-refractivity contribution in [2.45, 2.75) is 13.3 Å². The summed E-state index contributed by atoms with van der Waals surface area (Å²) in [6.45, 7) is 4.86. The molecule has 7 nitrogen and oxygen atoms in total. The third-order valence-electron chi connectivity index (χ3n) is 5.24. The summed E-state index contributed by atoms with van der Waals surface area (Å²) in [6.07, 6.45) is 1.99. The lowest BCUT2D eigenvalue weighted by Crippen LogP contribution is -2.47. The molecule has 0 saturated carbocycles. The van der Waals surface area contributed by atoms with Crippen LogP contribution in [0.4, 0.5) is 0 Å². The van der Waals surface area contributed by atoms with Gasteiger partial charge in [-0.05, 0) is 31.7 Å². The zero-order chi connectivity index (χ0) is 19.8. The van der Waals surface area contributed by atoms with Gasteiger partial charge in [0, 0.05) is 48.9 Å². The van der Waals surface area contributed by atoms with Crippen molar-refractivity contribution in [3.63, 3.8) is 0 Å². The predicted molar refractivity (Wildman–Crippen MR) is 107 cm³/mol. The molecule has 0 atom stereocenters. The van der Waals surface area contributed by atoms with Gasteiger partial charge in [0.05, 0.1) is 6.20 Å². The fraction of sp³-hybridized carbons (Fsp3) is 0.350. The minimum absolute atomic E-state index is 0.00915. The Kier molecular flexibility index (Phi) is 4.95. The van der Waals surface area contributed by atoms with Crippen LogP contribution < -0.4 is 0 Å². The van der Waals surface area contributed by atoms with Crippen LogP contribution in [-0.4, -0.2) is 68.6 Å². The Morgan fingerprint density at radius 1 is 1.18 bits per heavy atom. The van der Waals surface area contributed by atoms with E-state index in [1.807, 2.05) is 43.1 Å².